The zero-order chi connectivity index (χ0) is 22.3. The summed E-state index contributed by atoms with van der Waals surface area (Å²) in [4.78, 5) is 24.6. The molecule has 2 N–H and O–H groups in total. The zero-order valence-electron chi connectivity index (χ0n) is 17.9. The average Bonchev–Trinajstić information content (AvgIpc) is 3.04. The van der Waals surface area contributed by atoms with Crippen LogP contribution in [0.15, 0.2) is 29.1 Å². The fourth-order valence-corrected chi connectivity index (χ4v) is 5.57. The number of benzene rings is 1. The SMILES string of the molecule is C[C@H](O)CN(C[C@@H](C)O)c1nc2sc3c(c2c(=O)n1-c1cccc(Cl)c1)CCN(C)C3. The van der Waals surface area contributed by atoms with Gasteiger partial charge >= 0.3 is 0 Å². The van der Waals surface area contributed by atoms with Crippen molar-refractivity contribution in [1.29, 1.82) is 0 Å². The lowest BCUT2D eigenvalue weighted by atomic mass is 10.1. The van der Waals surface area contributed by atoms with Gasteiger partial charge in [0.1, 0.15) is 4.83 Å². The Morgan fingerprint density at radius 2 is 1.97 bits per heavy atom. The summed E-state index contributed by atoms with van der Waals surface area (Å²) in [7, 11) is 2.07. The van der Waals surface area contributed by atoms with E-state index in [1.165, 1.54) is 4.88 Å². The molecule has 9 heteroatoms. The number of likely N-dealkylation sites (N-methyl/N-ethyl adjacent to an activating group) is 1. The van der Waals surface area contributed by atoms with E-state index in [2.05, 4.69) is 11.9 Å². The van der Waals surface area contributed by atoms with Crippen molar-refractivity contribution >= 4 is 39.1 Å². The second-order valence-corrected chi connectivity index (χ2v) is 9.83. The minimum Gasteiger partial charge on any atom is -0.392 e. The van der Waals surface area contributed by atoms with Crippen molar-refractivity contribution < 1.29 is 10.2 Å². The largest absolute Gasteiger partial charge is 0.392 e. The number of halogens is 1. The molecule has 2 atom stereocenters. The number of thiophene rings is 1. The fraction of sp³-hybridized carbons (Fsp3) is 0.455. The molecule has 0 saturated carbocycles. The maximum Gasteiger partial charge on any atom is 0.268 e. The normalized spacial score (nSPS) is 16.3. The molecule has 3 heterocycles. The number of fused-ring (bicyclic) bond motifs is 3. The lowest BCUT2D eigenvalue weighted by Gasteiger charge is -2.28. The Labute approximate surface area is 190 Å². The number of hydrogen-bond donors (Lipinski definition) is 2. The molecule has 4 rings (SSSR count). The number of aromatic nitrogens is 2. The van der Waals surface area contributed by atoms with Crippen LogP contribution in [0.2, 0.25) is 5.02 Å². The van der Waals surface area contributed by atoms with E-state index in [0.29, 0.717) is 26.9 Å². The van der Waals surface area contributed by atoms with Crippen molar-refractivity contribution in [2.45, 2.75) is 39.0 Å². The summed E-state index contributed by atoms with van der Waals surface area (Å²) in [5.41, 5.74) is 1.54. The van der Waals surface area contributed by atoms with Gasteiger partial charge in [0, 0.05) is 36.1 Å². The van der Waals surface area contributed by atoms with Crippen LogP contribution in [-0.4, -0.2) is 63.6 Å². The van der Waals surface area contributed by atoms with Crippen molar-refractivity contribution in [3.8, 4) is 5.69 Å². The molecule has 31 heavy (non-hydrogen) atoms. The Kier molecular flexibility index (Phi) is 6.37. The molecule has 1 aliphatic rings. The van der Waals surface area contributed by atoms with E-state index in [1.54, 1.807) is 52.9 Å². The number of nitrogens with zero attached hydrogens (tertiary/aromatic N) is 4. The van der Waals surface area contributed by atoms with Gasteiger partial charge in [-0.25, -0.2) is 9.55 Å². The van der Waals surface area contributed by atoms with E-state index in [1.807, 2.05) is 6.07 Å². The van der Waals surface area contributed by atoms with E-state index < -0.39 is 12.2 Å². The van der Waals surface area contributed by atoms with E-state index in [4.69, 9.17) is 16.6 Å². The Balaban J connectivity index is 2.01. The van der Waals surface area contributed by atoms with Gasteiger partial charge in [-0.1, -0.05) is 17.7 Å². The van der Waals surface area contributed by atoms with Crippen LogP contribution in [0.1, 0.15) is 24.3 Å². The molecule has 7 nitrogen and oxygen atoms in total. The summed E-state index contributed by atoms with van der Waals surface area (Å²) in [6, 6.07) is 7.10. The summed E-state index contributed by atoms with van der Waals surface area (Å²) in [6.07, 6.45) is -0.517. The standard InChI is InChI=1S/C22H27ClN4O3S/c1-13(28)10-26(11-14(2)29)22-24-20-19(17-7-8-25(3)12-18(17)31-20)21(30)27(22)16-6-4-5-15(23)9-16/h4-6,9,13-14,28-29H,7-8,10-12H2,1-3H3/t13-,14+. The Morgan fingerprint density at radius 1 is 1.26 bits per heavy atom. The van der Waals surface area contributed by atoms with Gasteiger partial charge in [0.15, 0.2) is 0 Å². The highest BCUT2D eigenvalue weighted by molar-refractivity contribution is 7.18. The van der Waals surface area contributed by atoms with Gasteiger partial charge in [-0.2, -0.15) is 0 Å². The molecule has 0 saturated heterocycles. The lowest BCUT2D eigenvalue weighted by Crippen LogP contribution is -2.40. The molecule has 1 aromatic carbocycles. The van der Waals surface area contributed by atoms with Crippen molar-refractivity contribution in [2.75, 3.05) is 31.6 Å². The maximum atomic E-state index is 13.9. The van der Waals surface area contributed by atoms with Crippen molar-refractivity contribution in [3.05, 3.63) is 50.1 Å². The number of aliphatic hydroxyl groups is 2. The second kappa shape index (κ2) is 8.88. The van der Waals surface area contributed by atoms with Gasteiger partial charge in [0.2, 0.25) is 5.95 Å². The number of hydrogen-bond acceptors (Lipinski definition) is 7. The minimum atomic E-state index is -0.663. The highest BCUT2D eigenvalue weighted by Gasteiger charge is 2.27. The first kappa shape index (κ1) is 22.2. The van der Waals surface area contributed by atoms with E-state index in [9.17, 15) is 15.0 Å². The molecule has 0 radical (unpaired) electrons. The van der Waals surface area contributed by atoms with Crippen LogP contribution < -0.4 is 10.5 Å². The predicted octanol–water partition coefficient (Wildman–Crippen LogP) is 2.66. The van der Waals surface area contributed by atoms with Gasteiger partial charge in [-0.3, -0.25) is 4.79 Å². The van der Waals surface area contributed by atoms with Crippen LogP contribution >= 0.6 is 22.9 Å². The summed E-state index contributed by atoms with van der Waals surface area (Å²) >= 11 is 7.79. The second-order valence-electron chi connectivity index (χ2n) is 8.31. The minimum absolute atomic E-state index is 0.148. The topological polar surface area (TPSA) is 81.8 Å². The smallest absolute Gasteiger partial charge is 0.268 e. The van der Waals surface area contributed by atoms with Crippen LogP contribution in [-0.2, 0) is 13.0 Å². The van der Waals surface area contributed by atoms with Gasteiger partial charge < -0.3 is 20.0 Å². The van der Waals surface area contributed by atoms with Crippen LogP contribution in [0, 0.1) is 0 Å². The molecule has 0 spiro atoms. The molecular weight excluding hydrogens is 436 g/mol. The molecule has 0 amide bonds. The molecule has 3 aromatic rings. The third kappa shape index (κ3) is 4.49. The highest BCUT2D eigenvalue weighted by atomic mass is 35.5. The van der Waals surface area contributed by atoms with Gasteiger partial charge in [-0.15, -0.1) is 11.3 Å². The van der Waals surface area contributed by atoms with E-state index in [0.717, 1.165) is 25.1 Å². The van der Waals surface area contributed by atoms with Crippen LogP contribution in [0.4, 0.5) is 5.95 Å². The first-order valence-electron chi connectivity index (χ1n) is 10.4. The number of rotatable bonds is 6. The van der Waals surface area contributed by atoms with Gasteiger partial charge in [-0.05, 0) is 51.1 Å². The molecule has 166 valence electrons. The van der Waals surface area contributed by atoms with Gasteiger partial charge in [0.05, 0.1) is 23.3 Å². The fourth-order valence-electron chi connectivity index (χ4n) is 4.10. The summed E-state index contributed by atoms with van der Waals surface area (Å²) in [5.74, 6) is 0.397. The summed E-state index contributed by atoms with van der Waals surface area (Å²) in [5, 5.41) is 21.3. The molecule has 1 aliphatic heterocycles. The van der Waals surface area contributed by atoms with Gasteiger partial charge in [0.25, 0.3) is 5.56 Å². The Hall–Kier alpha value is -1.97. The van der Waals surface area contributed by atoms with Crippen LogP contribution in [0.5, 0.6) is 0 Å². The molecular formula is C22H27ClN4O3S. The third-order valence-corrected chi connectivity index (χ3v) is 6.71. The van der Waals surface area contributed by atoms with Crippen LogP contribution in [0.25, 0.3) is 15.9 Å². The third-order valence-electron chi connectivity index (χ3n) is 5.37. The molecule has 0 aliphatic carbocycles. The number of anilines is 1. The monoisotopic (exact) mass is 462 g/mol. The summed E-state index contributed by atoms with van der Waals surface area (Å²) in [6.45, 7) is 5.51. The van der Waals surface area contributed by atoms with E-state index in [-0.39, 0.29) is 18.6 Å². The van der Waals surface area contributed by atoms with E-state index >= 15 is 0 Å². The predicted molar refractivity (Wildman–Crippen MR) is 126 cm³/mol. The van der Waals surface area contributed by atoms with Crippen molar-refractivity contribution in [1.82, 2.24) is 14.5 Å². The Bertz CT molecular complexity index is 1150. The maximum absolute atomic E-state index is 13.9. The molecule has 2 aromatic heterocycles. The van der Waals surface area contributed by atoms with Crippen molar-refractivity contribution in [3.63, 3.8) is 0 Å². The zero-order valence-corrected chi connectivity index (χ0v) is 19.4. The highest BCUT2D eigenvalue weighted by Crippen LogP contribution is 2.34. The molecule has 0 bridgehead atoms. The lowest BCUT2D eigenvalue weighted by molar-refractivity contribution is 0.177. The van der Waals surface area contributed by atoms with Crippen molar-refractivity contribution in [2.24, 2.45) is 0 Å². The summed E-state index contributed by atoms with van der Waals surface area (Å²) < 4.78 is 1.56. The van der Waals surface area contributed by atoms with Crippen LogP contribution in [0.3, 0.4) is 0 Å². The Morgan fingerprint density at radius 3 is 2.61 bits per heavy atom. The first-order valence-corrected chi connectivity index (χ1v) is 11.6. The molecule has 0 fully saturated rings. The average molecular weight is 463 g/mol. The molecule has 0 unspecified atom stereocenters. The first-order chi connectivity index (χ1) is 14.7. The number of aliphatic hydroxyl groups excluding tert-OH is 2. The quantitative estimate of drug-likeness (QED) is 0.586.